The van der Waals surface area contributed by atoms with Crippen molar-refractivity contribution in [2.45, 2.75) is 51.2 Å². The second-order valence-electron chi connectivity index (χ2n) is 9.02. The number of benzene rings is 2. The van der Waals surface area contributed by atoms with Crippen molar-refractivity contribution in [1.82, 2.24) is 15.6 Å². The van der Waals surface area contributed by atoms with E-state index in [4.69, 9.17) is 5.73 Å². The number of rotatable bonds is 13. The van der Waals surface area contributed by atoms with Gasteiger partial charge in [-0.05, 0) is 67.5 Å². The van der Waals surface area contributed by atoms with E-state index in [1.807, 2.05) is 24.3 Å². The lowest BCUT2D eigenvalue weighted by atomic mass is 10.0. The number of phenolic OH excluding ortho intramolecular Hbond substituents is 1. The smallest absolute Gasteiger partial charge is 0.224 e. The molecule has 1 amide bonds. The first-order valence-corrected chi connectivity index (χ1v) is 12.1. The topological polar surface area (TPSA) is 120 Å². The second kappa shape index (κ2) is 13.5. The fraction of sp³-hybridized carbons (Fsp3) is 0.357. The molecule has 3 rings (SSSR count). The minimum Gasteiger partial charge on any atom is -0.508 e. The third-order valence-electron chi connectivity index (χ3n) is 5.90. The number of hydrogen-bond acceptors (Lipinski definition) is 6. The van der Waals surface area contributed by atoms with Crippen molar-refractivity contribution in [1.29, 1.82) is 0 Å². The largest absolute Gasteiger partial charge is 0.508 e. The van der Waals surface area contributed by atoms with Crippen LogP contribution in [-0.4, -0.2) is 40.2 Å². The zero-order valence-corrected chi connectivity index (χ0v) is 20.3. The molecule has 2 aromatic carbocycles. The molecule has 0 saturated heterocycles. The van der Waals surface area contributed by atoms with E-state index in [9.17, 15) is 15.0 Å². The van der Waals surface area contributed by atoms with Gasteiger partial charge in [-0.25, -0.2) is 4.98 Å². The summed E-state index contributed by atoms with van der Waals surface area (Å²) in [5.41, 5.74) is 9.65. The number of hydrogen-bond donors (Lipinski definition) is 5. The molecule has 2 atom stereocenters. The van der Waals surface area contributed by atoms with Crippen molar-refractivity contribution >= 4 is 11.7 Å². The Hall–Kier alpha value is -3.42. The normalized spacial score (nSPS) is 12.7. The SMILES string of the molecule is C[C@H](Cc1cccc(CC(=O)NCCCCc2ccc(O)cc2)c1)NC[C@@H](O)c1ccc(N)nc1. The van der Waals surface area contributed by atoms with Crippen molar-refractivity contribution in [2.75, 3.05) is 18.8 Å². The number of aromatic hydroxyl groups is 1. The highest BCUT2D eigenvalue weighted by Gasteiger charge is 2.11. The van der Waals surface area contributed by atoms with Crippen LogP contribution in [0.4, 0.5) is 5.82 Å². The van der Waals surface area contributed by atoms with Gasteiger partial charge in [-0.3, -0.25) is 4.79 Å². The number of anilines is 1. The number of nitrogens with zero attached hydrogens (tertiary/aromatic N) is 1. The molecule has 7 heteroatoms. The summed E-state index contributed by atoms with van der Waals surface area (Å²) in [5, 5.41) is 26.0. The summed E-state index contributed by atoms with van der Waals surface area (Å²) >= 11 is 0. The van der Waals surface area contributed by atoms with Crippen LogP contribution in [0, 0.1) is 0 Å². The highest BCUT2D eigenvalue weighted by Crippen LogP contribution is 2.14. The number of aromatic nitrogens is 1. The van der Waals surface area contributed by atoms with Gasteiger partial charge in [-0.1, -0.05) is 42.5 Å². The van der Waals surface area contributed by atoms with Gasteiger partial charge in [0.2, 0.25) is 5.91 Å². The summed E-state index contributed by atoms with van der Waals surface area (Å²) in [6.45, 7) is 3.15. The van der Waals surface area contributed by atoms with Crippen LogP contribution in [0.15, 0.2) is 66.9 Å². The van der Waals surface area contributed by atoms with Crippen LogP contribution in [-0.2, 0) is 24.1 Å². The Morgan fingerprint density at radius 1 is 1.03 bits per heavy atom. The standard InChI is InChI=1S/C28H36N4O3/c1-20(31-19-26(34)24-10-13-27(29)32-18-24)15-22-6-4-7-23(16-22)17-28(35)30-14-3-2-5-21-8-11-25(33)12-9-21/h4,6-13,16,18,20,26,31,33-34H,2-3,5,14-15,17,19H2,1H3,(H2,29,32)(H,30,35)/t20-,26-/m1/s1. The van der Waals surface area contributed by atoms with Crippen LogP contribution in [0.5, 0.6) is 5.75 Å². The van der Waals surface area contributed by atoms with Gasteiger partial charge in [-0.15, -0.1) is 0 Å². The zero-order chi connectivity index (χ0) is 25.0. The van der Waals surface area contributed by atoms with Gasteiger partial charge in [0.15, 0.2) is 0 Å². The van der Waals surface area contributed by atoms with Gasteiger partial charge in [0.1, 0.15) is 11.6 Å². The molecule has 0 aliphatic carbocycles. The molecule has 7 nitrogen and oxygen atoms in total. The number of carbonyl (C=O) groups is 1. The van der Waals surface area contributed by atoms with Crippen LogP contribution in [0.3, 0.4) is 0 Å². The second-order valence-corrected chi connectivity index (χ2v) is 9.02. The predicted octanol–water partition coefficient (Wildman–Crippen LogP) is 3.31. The third-order valence-corrected chi connectivity index (χ3v) is 5.90. The molecule has 0 spiro atoms. The summed E-state index contributed by atoms with van der Waals surface area (Å²) < 4.78 is 0. The molecular formula is C28H36N4O3. The number of aliphatic hydroxyl groups is 1. The van der Waals surface area contributed by atoms with E-state index in [1.54, 1.807) is 30.5 Å². The van der Waals surface area contributed by atoms with E-state index in [0.717, 1.165) is 42.4 Å². The van der Waals surface area contributed by atoms with Crippen molar-refractivity contribution in [2.24, 2.45) is 0 Å². The van der Waals surface area contributed by atoms with Gasteiger partial charge in [0.05, 0.1) is 12.5 Å². The van der Waals surface area contributed by atoms with Crippen molar-refractivity contribution in [3.05, 3.63) is 89.1 Å². The fourth-order valence-corrected chi connectivity index (χ4v) is 3.93. The Labute approximate surface area is 207 Å². The first-order chi connectivity index (χ1) is 16.9. The number of amides is 1. The number of pyridine rings is 1. The van der Waals surface area contributed by atoms with Gasteiger partial charge in [0.25, 0.3) is 0 Å². The maximum Gasteiger partial charge on any atom is 0.224 e. The Balaban J connectivity index is 1.35. The van der Waals surface area contributed by atoms with E-state index in [0.29, 0.717) is 25.3 Å². The van der Waals surface area contributed by atoms with E-state index in [2.05, 4.69) is 34.7 Å². The lowest BCUT2D eigenvalue weighted by Gasteiger charge is -2.18. The molecule has 0 saturated carbocycles. The molecule has 0 fully saturated rings. The lowest BCUT2D eigenvalue weighted by molar-refractivity contribution is -0.120. The van der Waals surface area contributed by atoms with Gasteiger partial charge >= 0.3 is 0 Å². The number of nitrogens with one attached hydrogen (secondary N) is 2. The molecule has 1 heterocycles. The van der Waals surface area contributed by atoms with Crippen LogP contribution in [0.1, 0.15) is 48.1 Å². The Bertz CT molecular complexity index is 1050. The summed E-state index contributed by atoms with van der Waals surface area (Å²) in [4.78, 5) is 16.4. The van der Waals surface area contributed by atoms with Gasteiger partial charge < -0.3 is 26.6 Å². The van der Waals surface area contributed by atoms with E-state index in [-0.39, 0.29) is 17.7 Å². The molecule has 6 N–H and O–H groups in total. The zero-order valence-electron chi connectivity index (χ0n) is 20.3. The monoisotopic (exact) mass is 476 g/mol. The molecule has 35 heavy (non-hydrogen) atoms. The Morgan fingerprint density at radius 2 is 1.80 bits per heavy atom. The predicted molar refractivity (Wildman–Crippen MR) is 139 cm³/mol. The Morgan fingerprint density at radius 3 is 2.54 bits per heavy atom. The van der Waals surface area contributed by atoms with Crippen molar-refractivity contribution in [3.8, 4) is 5.75 Å². The number of unbranched alkanes of at least 4 members (excludes halogenated alkanes) is 1. The maximum absolute atomic E-state index is 12.4. The summed E-state index contributed by atoms with van der Waals surface area (Å²) in [6.07, 6.45) is 4.91. The van der Waals surface area contributed by atoms with E-state index >= 15 is 0 Å². The summed E-state index contributed by atoms with van der Waals surface area (Å²) in [5.74, 6) is 0.737. The first-order valence-electron chi connectivity index (χ1n) is 12.1. The lowest BCUT2D eigenvalue weighted by Crippen LogP contribution is -2.32. The molecule has 0 bridgehead atoms. The quantitative estimate of drug-likeness (QED) is 0.241. The van der Waals surface area contributed by atoms with Crippen LogP contribution >= 0.6 is 0 Å². The highest BCUT2D eigenvalue weighted by molar-refractivity contribution is 5.78. The number of carbonyl (C=O) groups excluding carboxylic acids is 1. The number of nitrogen functional groups attached to an aromatic ring is 1. The van der Waals surface area contributed by atoms with Crippen molar-refractivity contribution in [3.63, 3.8) is 0 Å². The highest BCUT2D eigenvalue weighted by atomic mass is 16.3. The van der Waals surface area contributed by atoms with Crippen LogP contribution in [0.2, 0.25) is 0 Å². The minimum absolute atomic E-state index is 0.0261. The molecule has 0 unspecified atom stereocenters. The summed E-state index contributed by atoms with van der Waals surface area (Å²) in [6, 6.07) is 19.0. The van der Waals surface area contributed by atoms with E-state index in [1.165, 1.54) is 5.56 Å². The number of phenols is 1. The average molecular weight is 477 g/mol. The molecule has 3 aromatic rings. The number of aliphatic hydroxyl groups excluding tert-OH is 1. The van der Waals surface area contributed by atoms with Crippen LogP contribution in [0.25, 0.3) is 0 Å². The first kappa shape index (κ1) is 26.2. The number of aryl methyl sites for hydroxylation is 1. The molecule has 0 radical (unpaired) electrons. The van der Waals surface area contributed by atoms with Gasteiger partial charge in [-0.2, -0.15) is 0 Å². The van der Waals surface area contributed by atoms with Gasteiger partial charge in [0, 0.05) is 30.9 Å². The Kier molecular flexibility index (Phi) is 10.1. The van der Waals surface area contributed by atoms with Crippen molar-refractivity contribution < 1.29 is 15.0 Å². The molecule has 0 aliphatic rings. The maximum atomic E-state index is 12.4. The average Bonchev–Trinajstić information content (AvgIpc) is 2.84. The molecular weight excluding hydrogens is 440 g/mol. The third kappa shape index (κ3) is 9.39. The summed E-state index contributed by atoms with van der Waals surface area (Å²) in [7, 11) is 0. The minimum atomic E-state index is -0.651. The molecule has 0 aliphatic heterocycles. The van der Waals surface area contributed by atoms with E-state index < -0.39 is 6.10 Å². The molecule has 186 valence electrons. The fourth-order valence-electron chi connectivity index (χ4n) is 3.93. The number of nitrogens with two attached hydrogens (primary N) is 1. The molecule has 1 aromatic heterocycles. The van der Waals surface area contributed by atoms with Crippen LogP contribution < -0.4 is 16.4 Å².